The number of benzene rings is 2. The molecule has 0 saturated carbocycles. The van der Waals surface area contributed by atoms with Crippen molar-refractivity contribution in [3.8, 4) is 11.5 Å². The molecule has 0 amide bonds. The van der Waals surface area contributed by atoms with Gasteiger partial charge in [0.15, 0.2) is 0 Å². The Bertz CT molecular complexity index is 654. The summed E-state index contributed by atoms with van der Waals surface area (Å²) < 4.78 is 43.3. The van der Waals surface area contributed by atoms with Crippen LogP contribution in [-0.4, -0.2) is 11.3 Å². The van der Waals surface area contributed by atoms with Crippen LogP contribution in [0, 0.1) is 5.41 Å². The second kappa shape index (κ2) is 5.97. The van der Waals surface area contributed by atoms with Crippen molar-refractivity contribution in [3.63, 3.8) is 0 Å². The van der Waals surface area contributed by atoms with Gasteiger partial charge in [-0.05, 0) is 35.9 Å². The Morgan fingerprint density at radius 1 is 1.14 bits per heavy atom. The number of aliphatic hydroxyl groups is 1. The first-order chi connectivity index (χ1) is 9.94. The van der Waals surface area contributed by atoms with Crippen LogP contribution in [0.3, 0.4) is 0 Å². The van der Waals surface area contributed by atoms with Crippen molar-refractivity contribution >= 4 is 6.21 Å². The lowest BCUT2D eigenvalue weighted by atomic mass is 10.1. The molecule has 0 aliphatic heterocycles. The predicted molar refractivity (Wildman–Crippen MR) is 71.8 cm³/mol. The van der Waals surface area contributed by atoms with Gasteiger partial charge in [0.2, 0.25) is 0 Å². The van der Waals surface area contributed by atoms with Gasteiger partial charge in [0.1, 0.15) is 11.5 Å². The maximum absolute atomic E-state index is 12.6. The first-order valence-electron chi connectivity index (χ1n) is 6.03. The van der Waals surface area contributed by atoms with Gasteiger partial charge in [-0.1, -0.05) is 12.1 Å². The SMILES string of the molecule is N=Cc1cc(CO)ccc1Oc1cccc(C(F)(F)F)c1. The largest absolute Gasteiger partial charge is 0.457 e. The predicted octanol–water partition coefficient (Wildman–Crippen LogP) is 3.99. The smallest absolute Gasteiger partial charge is 0.416 e. The number of alkyl halides is 3. The summed E-state index contributed by atoms with van der Waals surface area (Å²) in [5.74, 6) is 0.284. The van der Waals surface area contributed by atoms with Crippen molar-refractivity contribution in [1.82, 2.24) is 0 Å². The maximum atomic E-state index is 12.6. The van der Waals surface area contributed by atoms with E-state index in [1.165, 1.54) is 24.3 Å². The van der Waals surface area contributed by atoms with Crippen LogP contribution in [0.1, 0.15) is 16.7 Å². The van der Waals surface area contributed by atoms with E-state index in [1.54, 1.807) is 6.07 Å². The van der Waals surface area contributed by atoms with E-state index in [9.17, 15) is 13.2 Å². The fraction of sp³-hybridized carbons (Fsp3) is 0.133. The second-order valence-corrected chi connectivity index (χ2v) is 4.30. The van der Waals surface area contributed by atoms with Gasteiger partial charge < -0.3 is 15.3 Å². The van der Waals surface area contributed by atoms with E-state index in [1.807, 2.05) is 0 Å². The minimum absolute atomic E-state index is 0.0321. The van der Waals surface area contributed by atoms with Gasteiger partial charge >= 0.3 is 6.18 Å². The molecule has 2 rings (SSSR count). The summed E-state index contributed by atoms with van der Waals surface area (Å²) in [6, 6.07) is 9.14. The van der Waals surface area contributed by atoms with E-state index < -0.39 is 11.7 Å². The third-order valence-corrected chi connectivity index (χ3v) is 2.80. The lowest BCUT2D eigenvalue weighted by Gasteiger charge is -2.12. The quantitative estimate of drug-likeness (QED) is 0.838. The summed E-state index contributed by atoms with van der Waals surface area (Å²) in [4.78, 5) is 0. The monoisotopic (exact) mass is 295 g/mol. The van der Waals surface area contributed by atoms with Crippen molar-refractivity contribution in [1.29, 1.82) is 5.41 Å². The van der Waals surface area contributed by atoms with E-state index in [0.29, 0.717) is 11.1 Å². The standard InChI is InChI=1S/C15H12F3NO2/c16-15(17,18)12-2-1-3-13(7-12)21-14-5-4-10(9-20)6-11(14)8-19/h1-8,19-20H,9H2. The summed E-state index contributed by atoms with van der Waals surface area (Å²) in [5.41, 5.74) is 0.159. The Balaban J connectivity index is 2.32. The van der Waals surface area contributed by atoms with Gasteiger partial charge in [-0.25, -0.2) is 0 Å². The molecule has 0 saturated heterocycles. The van der Waals surface area contributed by atoms with Crippen LogP contribution in [0.5, 0.6) is 11.5 Å². The second-order valence-electron chi connectivity index (χ2n) is 4.30. The molecule has 0 radical (unpaired) electrons. The zero-order valence-corrected chi connectivity index (χ0v) is 10.8. The number of rotatable bonds is 4. The lowest BCUT2D eigenvalue weighted by Crippen LogP contribution is -2.04. The molecule has 2 aromatic carbocycles. The highest BCUT2D eigenvalue weighted by molar-refractivity contribution is 5.81. The number of nitrogens with one attached hydrogen (secondary N) is 1. The third kappa shape index (κ3) is 3.61. The summed E-state index contributed by atoms with van der Waals surface area (Å²) in [7, 11) is 0. The molecule has 2 N–H and O–H groups in total. The van der Waals surface area contributed by atoms with Gasteiger partial charge in [-0.2, -0.15) is 13.2 Å². The van der Waals surface area contributed by atoms with E-state index in [4.69, 9.17) is 15.3 Å². The highest BCUT2D eigenvalue weighted by Crippen LogP contribution is 2.33. The molecule has 0 bridgehead atoms. The Morgan fingerprint density at radius 3 is 2.52 bits per heavy atom. The molecule has 0 fully saturated rings. The molecule has 21 heavy (non-hydrogen) atoms. The molecule has 2 aromatic rings. The van der Waals surface area contributed by atoms with Gasteiger partial charge in [-0.3, -0.25) is 0 Å². The van der Waals surface area contributed by atoms with Crippen molar-refractivity contribution in [2.45, 2.75) is 12.8 Å². The molecule has 0 unspecified atom stereocenters. The topological polar surface area (TPSA) is 53.3 Å². The number of hydrogen-bond donors (Lipinski definition) is 2. The summed E-state index contributed by atoms with van der Waals surface area (Å²) >= 11 is 0. The first kappa shape index (κ1) is 15.1. The van der Waals surface area contributed by atoms with E-state index >= 15 is 0 Å². The minimum Gasteiger partial charge on any atom is -0.457 e. The lowest BCUT2D eigenvalue weighted by molar-refractivity contribution is -0.137. The molecular formula is C15H12F3NO2. The van der Waals surface area contributed by atoms with Crippen molar-refractivity contribution in [2.24, 2.45) is 0 Å². The van der Waals surface area contributed by atoms with E-state index in [-0.39, 0.29) is 18.1 Å². The zero-order chi connectivity index (χ0) is 15.5. The highest BCUT2D eigenvalue weighted by Gasteiger charge is 2.30. The Morgan fingerprint density at radius 2 is 1.90 bits per heavy atom. The van der Waals surface area contributed by atoms with Gasteiger partial charge in [0.25, 0.3) is 0 Å². The Labute approximate surface area is 119 Å². The number of aliphatic hydroxyl groups excluding tert-OH is 1. The van der Waals surface area contributed by atoms with Gasteiger partial charge in [0.05, 0.1) is 12.2 Å². The average molecular weight is 295 g/mol. The van der Waals surface area contributed by atoms with Crippen LogP contribution in [0.4, 0.5) is 13.2 Å². The maximum Gasteiger partial charge on any atom is 0.416 e. The van der Waals surface area contributed by atoms with Crippen molar-refractivity contribution in [2.75, 3.05) is 0 Å². The van der Waals surface area contributed by atoms with Crippen LogP contribution < -0.4 is 4.74 Å². The Hall–Kier alpha value is -2.34. The highest BCUT2D eigenvalue weighted by atomic mass is 19.4. The number of halogens is 3. The van der Waals surface area contributed by atoms with Gasteiger partial charge in [0, 0.05) is 11.8 Å². The number of hydrogen-bond acceptors (Lipinski definition) is 3. The minimum atomic E-state index is -4.44. The molecule has 3 nitrogen and oxygen atoms in total. The molecule has 110 valence electrons. The summed E-state index contributed by atoms with van der Waals surface area (Å²) in [5, 5.41) is 16.3. The first-order valence-corrected chi connectivity index (χ1v) is 6.03. The fourth-order valence-corrected chi connectivity index (χ4v) is 1.76. The average Bonchev–Trinajstić information content (AvgIpc) is 2.47. The van der Waals surface area contributed by atoms with Crippen LogP contribution >= 0.6 is 0 Å². The van der Waals surface area contributed by atoms with Crippen molar-refractivity contribution < 1.29 is 23.0 Å². The Kier molecular flexibility index (Phi) is 4.28. The van der Waals surface area contributed by atoms with Crippen LogP contribution in [0.2, 0.25) is 0 Å². The molecule has 0 aromatic heterocycles. The van der Waals surface area contributed by atoms with Crippen LogP contribution in [-0.2, 0) is 12.8 Å². The molecule has 6 heteroatoms. The fourth-order valence-electron chi connectivity index (χ4n) is 1.76. The molecule has 0 heterocycles. The number of ether oxygens (including phenoxy) is 1. The molecule has 0 aliphatic rings. The molecular weight excluding hydrogens is 283 g/mol. The van der Waals surface area contributed by atoms with E-state index in [0.717, 1.165) is 18.3 Å². The summed E-state index contributed by atoms with van der Waals surface area (Å²) in [6.07, 6.45) is -3.42. The van der Waals surface area contributed by atoms with Crippen molar-refractivity contribution in [3.05, 3.63) is 59.2 Å². The molecule has 0 atom stereocenters. The third-order valence-electron chi connectivity index (χ3n) is 2.80. The molecule has 0 aliphatic carbocycles. The zero-order valence-electron chi connectivity index (χ0n) is 10.8. The van der Waals surface area contributed by atoms with Gasteiger partial charge in [-0.15, -0.1) is 0 Å². The van der Waals surface area contributed by atoms with Crippen LogP contribution in [0.15, 0.2) is 42.5 Å². The normalized spacial score (nSPS) is 11.2. The van der Waals surface area contributed by atoms with Crippen LogP contribution in [0.25, 0.3) is 0 Å². The summed E-state index contributed by atoms with van der Waals surface area (Å²) in [6.45, 7) is -0.190. The molecule has 0 spiro atoms. The van der Waals surface area contributed by atoms with E-state index in [2.05, 4.69) is 0 Å².